The maximum Gasteiger partial charge on any atom is 0.274 e. The van der Waals surface area contributed by atoms with E-state index in [4.69, 9.17) is 5.11 Å². The first-order valence-corrected chi connectivity index (χ1v) is 3.87. The van der Waals surface area contributed by atoms with E-state index in [9.17, 15) is 15.0 Å². The molecule has 0 saturated heterocycles. The second-order valence-corrected chi connectivity index (χ2v) is 2.62. The lowest BCUT2D eigenvalue weighted by atomic mass is 10.1. The molecule has 1 atom stereocenters. The molecule has 1 unspecified atom stereocenters. The Morgan fingerprint density at radius 2 is 2.14 bits per heavy atom. The molecular formula is C8H8N2O4. The highest BCUT2D eigenvalue weighted by molar-refractivity contribution is 5.42. The molecule has 0 radical (unpaired) electrons. The second-order valence-electron chi connectivity index (χ2n) is 2.62. The fourth-order valence-corrected chi connectivity index (χ4v) is 1.12. The van der Waals surface area contributed by atoms with Crippen molar-refractivity contribution in [3.05, 3.63) is 44.9 Å². The molecular weight excluding hydrogens is 188 g/mol. The molecule has 14 heavy (non-hydrogen) atoms. The number of nitroso groups, excluding NO2 is 1. The zero-order valence-electron chi connectivity index (χ0n) is 7.16. The fraction of sp³-hybridized carbons (Fsp3) is 0.250. The summed E-state index contributed by atoms with van der Waals surface area (Å²) in [5.74, 6) is 0. The zero-order chi connectivity index (χ0) is 10.6. The molecule has 0 aromatic heterocycles. The predicted octanol–water partition coefficient (Wildman–Crippen LogP) is 1.39. The maximum absolute atomic E-state index is 10.5. The standard InChI is InChI=1S/C8H8N2O4/c11-5-7(9-12)6-3-1-2-4-8(6)10(13)14/h1-4,7,11H,5H2. The molecule has 1 N–H and O–H groups in total. The third kappa shape index (κ3) is 1.91. The molecule has 6 heteroatoms. The number of nitro benzene ring substituents is 1. The average molecular weight is 196 g/mol. The smallest absolute Gasteiger partial charge is 0.274 e. The van der Waals surface area contributed by atoms with Crippen molar-refractivity contribution in [2.75, 3.05) is 6.61 Å². The van der Waals surface area contributed by atoms with E-state index < -0.39 is 17.6 Å². The number of benzene rings is 1. The highest BCUT2D eigenvalue weighted by Crippen LogP contribution is 2.26. The van der Waals surface area contributed by atoms with E-state index in [1.165, 1.54) is 18.2 Å². The minimum atomic E-state index is -1.07. The van der Waals surface area contributed by atoms with Gasteiger partial charge in [0.05, 0.1) is 17.1 Å². The van der Waals surface area contributed by atoms with Crippen LogP contribution in [-0.4, -0.2) is 16.6 Å². The Morgan fingerprint density at radius 1 is 1.50 bits per heavy atom. The van der Waals surface area contributed by atoms with Crippen molar-refractivity contribution in [2.24, 2.45) is 5.18 Å². The molecule has 1 rings (SSSR count). The van der Waals surface area contributed by atoms with Gasteiger partial charge in [0.15, 0.2) is 0 Å². The van der Waals surface area contributed by atoms with Gasteiger partial charge in [-0.2, -0.15) is 4.91 Å². The number of hydrogen-bond acceptors (Lipinski definition) is 5. The van der Waals surface area contributed by atoms with Crippen LogP contribution in [0.3, 0.4) is 0 Å². The number of para-hydroxylation sites is 1. The van der Waals surface area contributed by atoms with Gasteiger partial charge >= 0.3 is 0 Å². The zero-order valence-corrected chi connectivity index (χ0v) is 7.16. The Kier molecular flexibility index (Phi) is 3.24. The molecule has 1 aromatic carbocycles. The van der Waals surface area contributed by atoms with Crippen LogP contribution in [0.2, 0.25) is 0 Å². The van der Waals surface area contributed by atoms with Crippen molar-refractivity contribution >= 4 is 5.69 Å². The SMILES string of the molecule is O=NC(CO)c1ccccc1[N+](=O)[O-]. The molecule has 1 aromatic rings. The van der Waals surface area contributed by atoms with Crippen molar-refractivity contribution in [1.29, 1.82) is 0 Å². The fourth-order valence-electron chi connectivity index (χ4n) is 1.12. The van der Waals surface area contributed by atoms with Gasteiger partial charge in [0.25, 0.3) is 5.69 Å². The van der Waals surface area contributed by atoms with E-state index in [2.05, 4.69) is 5.18 Å². The van der Waals surface area contributed by atoms with Gasteiger partial charge in [-0.25, -0.2) is 0 Å². The number of nitro groups is 1. The van der Waals surface area contributed by atoms with Crippen molar-refractivity contribution in [1.82, 2.24) is 0 Å². The van der Waals surface area contributed by atoms with Gasteiger partial charge in [0.2, 0.25) is 0 Å². The average Bonchev–Trinajstić information content (AvgIpc) is 2.20. The predicted molar refractivity (Wildman–Crippen MR) is 48.7 cm³/mol. The number of aliphatic hydroxyl groups is 1. The third-order valence-electron chi connectivity index (χ3n) is 1.79. The molecule has 0 spiro atoms. The van der Waals surface area contributed by atoms with Crippen molar-refractivity contribution in [3.8, 4) is 0 Å². The van der Waals surface area contributed by atoms with E-state index in [1.54, 1.807) is 6.07 Å². The molecule has 74 valence electrons. The largest absolute Gasteiger partial charge is 0.394 e. The second kappa shape index (κ2) is 4.43. The topological polar surface area (TPSA) is 92.8 Å². The number of rotatable bonds is 4. The normalized spacial score (nSPS) is 12.1. The molecule has 0 amide bonds. The van der Waals surface area contributed by atoms with Gasteiger partial charge in [0, 0.05) is 6.07 Å². The van der Waals surface area contributed by atoms with Gasteiger partial charge in [-0.3, -0.25) is 10.1 Å². The quantitative estimate of drug-likeness (QED) is 0.447. The van der Waals surface area contributed by atoms with E-state index in [1.807, 2.05) is 0 Å². The summed E-state index contributed by atoms with van der Waals surface area (Å²) >= 11 is 0. The van der Waals surface area contributed by atoms with Crippen molar-refractivity contribution < 1.29 is 10.0 Å². The first-order chi connectivity index (χ1) is 6.70. The molecule has 0 aliphatic carbocycles. The summed E-state index contributed by atoms with van der Waals surface area (Å²) in [6, 6.07) is 4.64. The Balaban J connectivity index is 3.18. The van der Waals surface area contributed by atoms with Gasteiger partial charge < -0.3 is 5.11 Å². The Labute approximate surface area is 79.3 Å². The number of nitrogens with zero attached hydrogens (tertiary/aromatic N) is 2. The van der Waals surface area contributed by atoms with E-state index in [0.717, 1.165) is 0 Å². The van der Waals surface area contributed by atoms with Crippen LogP contribution < -0.4 is 0 Å². The number of hydrogen-bond donors (Lipinski definition) is 1. The van der Waals surface area contributed by atoms with E-state index in [0.29, 0.717) is 0 Å². The van der Waals surface area contributed by atoms with Crippen LogP contribution in [0.5, 0.6) is 0 Å². The van der Waals surface area contributed by atoms with Gasteiger partial charge in [-0.15, -0.1) is 0 Å². The minimum Gasteiger partial charge on any atom is -0.394 e. The summed E-state index contributed by atoms with van der Waals surface area (Å²) in [6.07, 6.45) is 0. The summed E-state index contributed by atoms with van der Waals surface area (Å²) in [4.78, 5) is 20.2. The van der Waals surface area contributed by atoms with Crippen molar-refractivity contribution in [3.63, 3.8) is 0 Å². The maximum atomic E-state index is 10.5. The highest BCUT2D eigenvalue weighted by atomic mass is 16.6. The monoisotopic (exact) mass is 196 g/mol. The lowest BCUT2D eigenvalue weighted by molar-refractivity contribution is -0.385. The van der Waals surface area contributed by atoms with Crippen LogP contribution in [-0.2, 0) is 0 Å². The minimum absolute atomic E-state index is 0.134. The first kappa shape index (κ1) is 10.3. The summed E-state index contributed by atoms with van der Waals surface area (Å²) < 4.78 is 0. The van der Waals surface area contributed by atoms with Gasteiger partial charge in [-0.1, -0.05) is 17.3 Å². The van der Waals surface area contributed by atoms with Gasteiger partial charge in [0.1, 0.15) is 6.04 Å². The molecule has 6 nitrogen and oxygen atoms in total. The summed E-state index contributed by atoms with van der Waals surface area (Å²) in [7, 11) is 0. The van der Waals surface area contributed by atoms with Crippen LogP contribution in [0.1, 0.15) is 11.6 Å². The first-order valence-electron chi connectivity index (χ1n) is 3.87. The molecule has 0 aliphatic heterocycles. The highest BCUT2D eigenvalue weighted by Gasteiger charge is 2.21. The molecule has 0 fully saturated rings. The molecule has 0 heterocycles. The third-order valence-corrected chi connectivity index (χ3v) is 1.79. The number of aliphatic hydroxyl groups excluding tert-OH is 1. The summed E-state index contributed by atoms with van der Waals surface area (Å²) in [6.45, 7) is -0.533. The van der Waals surface area contributed by atoms with Crippen LogP contribution in [0.25, 0.3) is 0 Å². The van der Waals surface area contributed by atoms with Crippen LogP contribution in [0, 0.1) is 15.0 Å². The lowest BCUT2D eigenvalue weighted by Crippen LogP contribution is -2.04. The molecule has 0 bridgehead atoms. The molecule has 0 aliphatic rings. The Morgan fingerprint density at radius 3 is 2.64 bits per heavy atom. The van der Waals surface area contributed by atoms with E-state index in [-0.39, 0.29) is 11.3 Å². The van der Waals surface area contributed by atoms with E-state index >= 15 is 0 Å². The summed E-state index contributed by atoms with van der Waals surface area (Å²) in [5.41, 5.74) is -0.0684. The Bertz CT molecular complexity index is 353. The van der Waals surface area contributed by atoms with Crippen molar-refractivity contribution in [2.45, 2.75) is 6.04 Å². The Hall–Kier alpha value is -1.82. The van der Waals surface area contributed by atoms with Gasteiger partial charge in [-0.05, 0) is 6.07 Å². The van der Waals surface area contributed by atoms with Crippen LogP contribution in [0.15, 0.2) is 29.4 Å². The van der Waals surface area contributed by atoms with Crippen LogP contribution in [0.4, 0.5) is 5.69 Å². The lowest BCUT2D eigenvalue weighted by Gasteiger charge is -2.05. The summed E-state index contributed by atoms with van der Waals surface area (Å²) in [5, 5.41) is 21.9. The van der Waals surface area contributed by atoms with Crippen LogP contribution >= 0.6 is 0 Å². The molecule has 0 saturated carbocycles.